The van der Waals surface area contributed by atoms with Gasteiger partial charge in [-0.1, -0.05) is 44.0 Å². The molecule has 1 aliphatic heterocycles. The van der Waals surface area contributed by atoms with Crippen molar-refractivity contribution in [3.63, 3.8) is 0 Å². The fraction of sp³-hybridized carbons (Fsp3) is 0.500. The molecule has 0 saturated heterocycles. The quantitative estimate of drug-likeness (QED) is 0.400. The van der Waals surface area contributed by atoms with Crippen molar-refractivity contribution in [2.75, 3.05) is 17.2 Å². The number of nitrogen functional groups attached to an aromatic ring is 1. The second kappa shape index (κ2) is 8.16. The highest BCUT2D eigenvalue weighted by Crippen LogP contribution is 2.46. The van der Waals surface area contributed by atoms with Crippen LogP contribution in [0.2, 0.25) is 15.2 Å². The summed E-state index contributed by atoms with van der Waals surface area (Å²) in [7, 11) is 2.30. The van der Waals surface area contributed by atoms with Crippen molar-refractivity contribution in [2.24, 2.45) is 7.05 Å². The van der Waals surface area contributed by atoms with Gasteiger partial charge in [-0.3, -0.25) is 0 Å². The maximum absolute atomic E-state index is 6.76. The van der Waals surface area contributed by atoms with Gasteiger partial charge >= 0.3 is 0 Å². The molecule has 3 aromatic rings. The van der Waals surface area contributed by atoms with E-state index >= 15 is 0 Å². The van der Waals surface area contributed by atoms with Crippen LogP contribution in [-0.2, 0) is 18.0 Å². The molecule has 1 aliphatic rings. The Hall–Kier alpha value is -1.87. The summed E-state index contributed by atoms with van der Waals surface area (Å²) in [5.41, 5.74) is 8.13. The third kappa shape index (κ3) is 4.33. The van der Waals surface area contributed by atoms with E-state index < -0.39 is 5.60 Å². The van der Waals surface area contributed by atoms with Gasteiger partial charge in [0, 0.05) is 55.0 Å². The molecule has 0 saturated carbocycles. The van der Waals surface area contributed by atoms with Crippen LogP contribution >= 0.6 is 23.2 Å². The molecular weight excluding hydrogens is 463 g/mol. The number of nitrogens with zero attached hydrogens (tertiary/aromatic N) is 5. The molecule has 1 unspecified atom stereocenters. The van der Waals surface area contributed by atoms with E-state index in [2.05, 4.69) is 54.5 Å². The number of rotatable bonds is 5. The van der Waals surface area contributed by atoms with Gasteiger partial charge in [0.05, 0.1) is 10.6 Å². The number of aromatic nitrogens is 4. The van der Waals surface area contributed by atoms with Crippen molar-refractivity contribution >= 4 is 55.8 Å². The molecule has 0 aliphatic carbocycles. The van der Waals surface area contributed by atoms with Crippen LogP contribution in [0.5, 0.6) is 0 Å². The first-order valence-electron chi connectivity index (χ1n) is 10.5. The lowest BCUT2D eigenvalue weighted by Gasteiger charge is -2.35. The largest absolute Gasteiger partial charge is 0.411 e. The van der Waals surface area contributed by atoms with Crippen molar-refractivity contribution in [3.05, 3.63) is 39.8 Å². The van der Waals surface area contributed by atoms with E-state index in [1.165, 1.54) is 0 Å². The average Bonchev–Trinajstić information content (AvgIpc) is 3.24. The first kappa shape index (κ1) is 23.3. The van der Waals surface area contributed by atoms with Crippen LogP contribution in [0.1, 0.15) is 51.7 Å². The Labute approximate surface area is 201 Å². The molecule has 0 aromatic carbocycles. The molecule has 4 rings (SSSR count). The number of aryl methyl sites for hydroxylation is 1. The Kier molecular flexibility index (Phi) is 5.94. The van der Waals surface area contributed by atoms with E-state index in [0.29, 0.717) is 33.0 Å². The van der Waals surface area contributed by atoms with Gasteiger partial charge in [0.25, 0.3) is 0 Å². The maximum Gasteiger partial charge on any atom is 0.236 e. The Morgan fingerprint density at radius 2 is 1.94 bits per heavy atom. The molecule has 1 atom stereocenters. The van der Waals surface area contributed by atoms with E-state index in [9.17, 15) is 0 Å². The van der Waals surface area contributed by atoms with Crippen molar-refractivity contribution < 1.29 is 4.43 Å². The molecule has 4 heterocycles. The van der Waals surface area contributed by atoms with Gasteiger partial charge in [-0.25, -0.2) is 9.97 Å². The molecule has 0 spiro atoms. The van der Waals surface area contributed by atoms with Crippen LogP contribution in [0, 0.1) is 0 Å². The fourth-order valence-electron chi connectivity index (χ4n) is 3.99. The minimum absolute atomic E-state index is 0.0207. The summed E-state index contributed by atoms with van der Waals surface area (Å²) in [6.45, 7) is 11.9. The Balaban J connectivity index is 1.70. The van der Waals surface area contributed by atoms with Crippen LogP contribution < -0.4 is 10.6 Å². The van der Waals surface area contributed by atoms with Crippen molar-refractivity contribution in [2.45, 2.75) is 57.7 Å². The monoisotopic (exact) mass is 490 g/mol. The van der Waals surface area contributed by atoms with E-state index in [0.717, 1.165) is 28.0 Å². The molecule has 0 amide bonds. The van der Waals surface area contributed by atoms with Gasteiger partial charge in [0.2, 0.25) is 15.7 Å². The van der Waals surface area contributed by atoms with Crippen molar-refractivity contribution in [1.82, 2.24) is 19.5 Å². The average molecular weight is 491 g/mol. The molecule has 32 heavy (non-hydrogen) atoms. The summed E-state index contributed by atoms with van der Waals surface area (Å²) in [5.74, 6) is 0.859. The Morgan fingerprint density at radius 1 is 1.22 bits per heavy atom. The highest BCUT2D eigenvalue weighted by Gasteiger charge is 2.43. The zero-order valence-electron chi connectivity index (χ0n) is 19.2. The molecule has 0 bridgehead atoms. The van der Waals surface area contributed by atoms with Gasteiger partial charge in [-0.15, -0.1) is 0 Å². The topological polar surface area (TPSA) is 82.1 Å². The van der Waals surface area contributed by atoms with Gasteiger partial charge < -0.3 is 19.6 Å². The molecule has 7 nitrogen and oxygen atoms in total. The van der Waals surface area contributed by atoms with E-state index in [-0.39, 0.29) is 16.9 Å². The van der Waals surface area contributed by atoms with Crippen LogP contribution in [-0.4, -0.2) is 41.4 Å². The predicted octanol–water partition coefficient (Wildman–Crippen LogP) is 4.99. The molecule has 2 radical (unpaired) electrons. The number of nitrogens with two attached hydrogens (primary N) is 1. The minimum Gasteiger partial charge on any atom is -0.411 e. The number of pyridine rings is 1. The number of halogens is 2. The summed E-state index contributed by atoms with van der Waals surface area (Å²) >= 11 is 13.4. The first-order valence-corrected chi connectivity index (χ1v) is 12.2. The van der Waals surface area contributed by atoms with Crippen LogP contribution in [0.15, 0.2) is 18.5 Å². The molecule has 0 fully saturated rings. The summed E-state index contributed by atoms with van der Waals surface area (Å²) < 4.78 is 8.37. The van der Waals surface area contributed by atoms with Gasteiger partial charge in [-0.2, -0.15) is 4.98 Å². The lowest BCUT2D eigenvalue weighted by atomic mass is 9.87. The summed E-state index contributed by atoms with van der Waals surface area (Å²) in [6.07, 6.45) is 3.78. The second-order valence-corrected chi connectivity index (χ2v) is 12.5. The minimum atomic E-state index is -0.468. The molecule has 170 valence electrons. The first-order chi connectivity index (χ1) is 14.9. The second-order valence-electron chi connectivity index (χ2n) is 9.86. The molecule has 10 heteroatoms. The number of hydrogen-bond donors (Lipinski definition) is 1. The smallest absolute Gasteiger partial charge is 0.236 e. The van der Waals surface area contributed by atoms with Crippen LogP contribution in [0.25, 0.3) is 11.0 Å². The summed E-state index contributed by atoms with van der Waals surface area (Å²) in [5, 5.41) is 2.07. The lowest BCUT2D eigenvalue weighted by Crippen LogP contribution is -2.38. The SMILES string of the molecule is Cn1ccc2c(Cl)c(CN3CC(C(C)(C)O[Si]C(C)(C)C)c4c(Cl)nc(N)nc43)cnc21. The predicted molar refractivity (Wildman–Crippen MR) is 132 cm³/mol. The summed E-state index contributed by atoms with van der Waals surface area (Å²) in [4.78, 5) is 15.5. The zero-order valence-corrected chi connectivity index (χ0v) is 21.7. The van der Waals surface area contributed by atoms with E-state index in [4.69, 9.17) is 33.4 Å². The van der Waals surface area contributed by atoms with Gasteiger partial charge in [-0.05, 0) is 25.0 Å². The summed E-state index contributed by atoms with van der Waals surface area (Å²) in [6, 6.07) is 1.98. The lowest BCUT2D eigenvalue weighted by molar-refractivity contribution is 0.0828. The third-order valence-electron chi connectivity index (χ3n) is 5.67. The van der Waals surface area contributed by atoms with Crippen molar-refractivity contribution in [1.29, 1.82) is 0 Å². The standard InChI is InChI=1S/C22H28Cl2N6OSi/c1-21(2,3)32-31-22(4,5)14-11-30(19-15(14)17(24)27-20(25)28-19)10-12-9-26-18-13(16(12)23)7-8-29(18)6/h7-9,14H,10-11H2,1-6H3,(H2,25,27,28). The van der Waals surface area contributed by atoms with E-state index in [1.54, 1.807) is 0 Å². The number of fused-ring (bicyclic) bond motifs is 2. The maximum atomic E-state index is 6.76. The number of hydrogen-bond acceptors (Lipinski definition) is 6. The van der Waals surface area contributed by atoms with Crippen molar-refractivity contribution in [3.8, 4) is 0 Å². The Bertz CT molecular complexity index is 1170. The highest BCUT2D eigenvalue weighted by molar-refractivity contribution is 6.36. The van der Waals surface area contributed by atoms with Crippen LogP contribution in [0.3, 0.4) is 0 Å². The third-order valence-corrected chi connectivity index (χ3v) is 7.64. The molecular formula is C22H28Cl2N6OSi. The molecule has 3 aromatic heterocycles. The fourth-order valence-corrected chi connectivity index (χ4v) is 5.26. The Morgan fingerprint density at radius 3 is 2.62 bits per heavy atom. The number of anilines is 2. The van der Waals surface area contributed by atoms with Crippen LogP contribution in [0.4, 0.5) is 11.8 Å². The molecule has 2 N–H and O–H groups in total. The highest BCUT2D eigenvalue weighted by atomic mass is 35.5. The van der Waals surface area contributed by atoms with Gasteiger partial charge in [0.15, 0.2) is 0 Å². The van der Waals surface area contributed by atoms with Gasteiger partial charge in [0.1, 0.15) is 16.6 Å². The normalized spacial score (nSPS) is 16.8. The zero-order chi connectivity index (χ0) is 23.4. The van der Waals surface area contributed by atoms with E-state index in [1.807, 2.05) is 30.1 Å².